The van der Waals surface area contributed by atoms with E-state index in [4.69, 9.17) is 5.26 Å². The second-order valence-corrected chi connectivity index (χ2v) is 7.51. The Morgan fingerprint density at radius 1 is 1.12 bits per heavy atom. The van der Waals surface area contributed by atoms with Crippen molar-refractivity contribution in [3.8, 4) is 6.07 Å². The highest BCUT2D eigenvalue weighted by molar-refractivity contribution is 7.92. The lowest BCUT2D eigenvalue weighted by atomic mass is 9.98. The monoisotopic (exact) mass is 351 g/mol. The van der Waals surface area contributed by atoms with E-state index in [1.807, 2.05) is 6.07 Å². The number of hydrogen-bond acceptors (Lipinski definition) is 5. The molecular formula is C16H11F2NO4S. The van der Waals surface area contributed by atoms with Crippen LogP contribution < -0.4 is 0 Å². The summed E-state index contributed by atoms with van der Waals surface area (Å²) >= 11 is 0. The Balaban J connectivity index is 2.07. The average molecular weight is 351 g/mol. The van der Waals surface area contributed by atoms with E-state index in [1.165, 1.54) is 24.3 Å². The first kappa shape index (κ1) is 16.5. The summed E-state index contributed by atoms with van der Waals surface area (Å²) in [6, 6.07) is 8.50. The van der Waals surface area contributed by atoms with E-state index < -0.39 is 43.8 Å². The molecule has 0 aliphatic carbocycles. The van der Waals surface area contributed by atoms with Crippen LogP contribution in [0.4, 0.5) is 8.78 Å². The molecule has 0 spiro atoms. The molecule has 3 unspecified atom stereocenters. The fourth-order valence-corrected chi connectivity index (χ4v) is 4.85. The van der Waals surface area contributed by atoms with E-state index in [1.54, 1.807) is 0 Å². The maximum Gasteiger partial charge on any atom is 0.187 e. The third-order valence-corrected chi connectivity index (χ3v) is 6.24. The Bertz CT molecular complexity index is 951. The van der Waals surface area contributed by atoms with Crippen LogP contribution >= 0.6 is 0 Å². The predicted molar refractivity (Wildman–Crippen MR) is 78.4 cm³/mol. The SMILES string of the molecule is N#Cc1ccc(C(O)C2C(O)c3cc(F)c(F)cc3S2(=O)=O)cc1. The Morgan fingerprint density at radius 2 is 1.71 bits per heavy atom. The van der Waals surface area contributed by atoms with Gasteiger partial charge in [0.25, 0.3) is 0 Å². The van der Waals surface area contributed by atoms with Crippen LogP contribution in [0.3, 0.4) is 0 Å². The van der Waals surface area contributed by atoms with Crippen molar-refractivity contribution >= 4 is 9.84 Å². The van der Waals surface area contributed by atoms with E-state index in [-0.39, 0.29) is 11.1 Å². The highest BCUT2D eigenvalue weighted by Crippen LogP contribution is 2.45. The molecule has 5 nitrogen and oxygen atoms in total. The third-order valence-electron chi connectivity index (χ3n) is 4.04. The van der Waals surface area contributed by atoms with Gasteiger partial charge in [0, 0.05) is 5.56 Å². The number of halogens is 2. The summed E-state index contributed by atoms with van der Waals surface area (Å²) in [5.41, 5.74) is 0.190. The largest absolute Gasteiger partial charge is 0.387 e. The zero-order chi connectivity index (χ0) is 17.6. The van der Waals surface area contributed by atoms with E-state index in [0.29, 0.717) is 17.7 Å². The lowest BCUT2D eigenvalue weighted by molar-refractivity contribution is 0.0885. The van der Waals surface area contributed by atoms with Gasteiger partial charge in [-0.15, -0.1) is 0 Å². The topological polar surface area (TPSA) is 98.4 Å². The normalized spacial score (nSPS) is 22.6. The van der Waals surface area contributed by atoms with Gasteiger partial charge in [-0.05, 0) is 29.8 Å². The highest BCUT2D eigenvalue weighted by Gasteiger charge is 2.49. The molecule has 1 heterocycles. The van der Waals surface area contributed by atoms with Gasteiger partial charge in [0.2, 0.25) is 0 Å². The fourth-order valence-electron chi connectivity index (χ4n) is 2.80. The Labute approximate surface area is 136 Å². The van der Waals surface area contributed by atoms with Crippen molar-refractivity contribution in [2.24, 2.45) is 0 Å². The van der Waals surface area contributed by atoms with Crippen LogP contribution in [0.5, 0.6) is 0 Å². The molecule has 0 aromatic heterocycles. The minimum absolute atomic E-state index is 0.162. The number of nitriles is 1. The summed E-state index contributed by atoms with van der Waals surface area (Å²) in [5.74, 6) is -2.63. The van der Waals surface area contributed by atoms with Crippen molar-refractivity contribution in [2.75, 3.05) is 0 Å². The molecule has 0 saturated carbocycles. The van der Waals surface area contributed by atoms with Crippen LogP contribution in [0, 0.1) is 23.0 Å². The standard InChI is InChI=1S/C16H11F2NO4S/c17-11-5-10-13(6-12(11)18)24(22,23)16(15(10)21)14(20)9-3-1-8(7-19)2-4-9/h1-6,14-16,20-21H. The van der Waals surface area contributed by atoms with Gasteiger partial charge in [0.1, 0.15) is 11.4 Å². The summed E-state index contributed by atoms with van der Waals surface area (Å²) in [7, 11) is -4.27. The summed E-state index contributed by atoms with van der Waals surface area (Å²) in [5, 5.41) is 27.7. The number of benzene rings is 2. The lowest BCUT2D eigenvalue weighted by Crippen LogP contribution is -2.28. The number of sulfone groups is 1. The quantitative estimate of drug-likeness (QED) is 0.804. The Hall–Kier alpha value is -2.34. The van der Waals surface area contributed by atoms with Crippen molar-refractivity contribution in [2.45, 2.75) is 22.4 Å². The van der Waals surface area contributed by atoms with Crippen LogP contribution in [0.1, 0.15) is 28.9 Å². The van der Waals surface area contributed by atoms with Gasteiger partial charge in [-0.2, -0.15) is 5.26 Å². The van der Waals surface area contributed by atoms with E-state index >= 15 is 0 Å². The molecule has 24 heavy (non-hydrogen) atoms. The van der Waals surface area contributed by atoms with Gasteiger partial charge in [-0.3, -0.25) is 0 Å². The number of aliphatic hydroxyl groups is 2. The van der Waals surface area contributed by atoms with Crippen LogP contribution in [-0.2, 0) is 9.84 Å². The summed E-state index contributed by atoms with van der Waals surface area (Å²) < 4.78 is 51.8. The van der Waals surface area contributed by atoms with Crippen molar-refractivity contribution in [3.63, 3.8) is 0 Å². The first-order chi connectivity index (χ1) is 11.3. The minimum Gasteiger partial charge on any atom is -0.387 e. The second-order valence-electron chi connectivity index (χ2n) is 5.44. The van der Waals surface area contributed by atoms with Crippen molar-refractivity contribution in [3.05, 3.63) is 64.7 Å². The number of rotatable bonds is 2. The van der Waals surface area contributed by atoms with Gasteiger partial charge in [0.15, 0.2) is 21.5 Å². The molecule has 8 heteroatoms. The summed E-state index contributed by atoms with van der Waals surface area (Å²) in [6.07, 6.45) is -3.33. The second kappa shape index (κ2) is 5.63. The van der Waals surface area contributed by atoms with Crippen LogP contribution in [-0.4, -0.2) is 23.9 Å². The molecule has 124 valence electrons. The predicted octanol–water partition coefficient (Wildman–Crippen LogP) is 1.76. The molecule has 3 atom stereocenters. The van der Waals surface area contributed by atoms with Crippen molar-refractivity contribution in [1.82, 2.24) is 0 Å². The van der Waals surface area contributed by atoms with Gasteiger partial charge >= 0.3 is 0 Å². The summed E-state index contributed by atoms with van der Waals surface area (Å²) in [6.45, 7) is 0. The molecule has 0 saturated heterocycles. The van der Waals surface area contributed by atoms with Crippen LogP contribution in [0.25, 0.3) is 0 Å². The minimum atomic E-state index is -4.27. The molecule has 1 aliphatic heterocycles. The van der Waals surface area contributed by atoms with Crippen molar-refractivity contribution < 1.29 is 27.4 Å². The molecule has 1 aliphatic rings. The molecule has 2 aromatic rings. The van der Waals surface area contributed by atoms with E-state index in [0.717, 1.165) is 0 Å². The first-order valence-electron chi connectivity index (χ1n) is 6.86. The highest BCUT2D eigenvalue weighted by atomic mass is 32.2. The molecule has 0 radical (unpaired) electrons. The van der Waals surface area contributed by atoms with E-state index in [9.17, 15) is 27.4 Å². The maximum atomic E-state index is 13.4. The van der Waals surface area contributed by atoms with Gasteiger partial charge in [0.05, 0.1) is 22.6 Å². The number of fused-ring (bicyclic) bond motifs is 1. The molecule has 0 fully saturated rings. The molecule has 0 bridgehead atoms. The van der Waals surface area contributed by atoms with Gasteiger partial charge in [-0.1, -0.05) is 12.1 Å². The Morgan fingerprint density at radius 3 is 2.29 bits per heavy atom. The number of hydrogen-bond donors (Lipinski definition) is 2. The van der Waals surface area contributed by atoms with Crippen LogP contribution in [0.2, 0.25) is 0 Å². The number of nitrogens with zero attached hydrogens (tertiary/aromatic N) is 1. The first-order valence-corrected chi connectivity index (χ1v) is 8.41. The van der Waals surface area contributed by atoms with Gasteiger partial charge < -0.3 is 10.2 Å². The summed E-state index contributed by atoms with van der Waals surface area (Å²) in [4.78, 5) is -0.536. The zero-order valence-corrected chi connectivity index (χ0v) is 12.8. The smallest absolute Gasteiger partial charge is 0.187 e. The molecule has 3 rings (SSSR count). The molecule has 2 aromatic carbocycles. The Kier molecular flexibility index (Phi) is 3.87. The molecule has 2 N–H and O–H groups in total. The third kappa shape index (κ3) is 2.38. The van der Waals surface area contributed by atoms with E-state index in [2.05, 4.69) is 0 Å². The number of aliphatic hydroxyl groups excluding tert-OH is 2. The lowest BCUT2D eigenvalue weighted by Gasteiger charge is -2.21. The fraction of sp³-hybridized carbons (Fsp3) is 0.188. The van der Waals surface area contributed by atoms with Crippen LogP contribution in [0.15, 0.2) is 41.3 Å². The molecule has 0 amide bonds. The zero-order valence-electron chi connectivity index (χ0n) is 12.0. The van der Waals surface area contributed by atoms with Crippen molar-refractivity contribution in [1.29, 1.82) is 5.26 Å². The molecular weight excluding hydrogens is 340 g/mol. The average Bonchev–Trinajstić information content (AvgIpc) is 2.74. The van der Waals surface area contributed by atoms with Gasteiger partial charge in [-0.25, -0.2) is 17.2 Å². The maximum absolute atomic E-state index is 13.4.